The summed E-state index contributed by atoms with van der Waals surface area (Å²) in [6.45, 7) is 0. The van der Waals surface area contributed by atoms with Crippen molar-refractivity contribution >= 4 is 17.3 Å². The standard InChI is InChI=1S/C15H16O2S/c1-17-15(16)11-13(10-14-8-5-9-18-14)12-6-3-2-4-7-12/h2-9,13H,10-11H2,1H3/t13-/m1/s1. The molecule has 0 N–H and O–H groups in total. The summed E-state index contributed by atoms with van der Waals surface area (Å²) < 4.78 is 4.79. The van der Waals surface area contributed by atoms with Gasteiger partial charge in [-0.15, -0.1) is 11.3 Å². The number of methoxy groups -OCH3 is 1. The van der Waals surface area contributed by atoms with Crippen molar-refractivity contribution < 1.29 is 9.53 Å². The van der Waals surface area contributed by atoms with E-state index >= 15 is 0 Å². The van der Waals surface area contributed by atoms with Crippen molar-refractivity contribution in [2.45, 2.75) is 18.8 Å². The van der Waals surface area contributed by atoms with E-state index in [2.05, 4.69) is 23.6 Å². The van der Waals surface area contributed by atoms with Gasteiger partial charge < -0.3 is 4.74 Å². The lowest BCUT2D eigenvalue weighted by atomic mass is 9.92. The molecule has 0 fully saturated rings. The van der Waals surface area contributed by atoms with Gasteiger partial charge in [0.15, 0.2) is 0 Å². The van der Waals surface area contributed by atoms with E-state index in [0.717, 1.165) is 6.42 Å². The first kappa shape index (κ1) is 12.8. The van der Waals surface area contributed by atoms with Crippen molar-refractivity contribution in [2.24, 2.45) is 0 Å². The number of ether oxygens (including phenoxy) is 1. The predicted octanol–water partition coefficient (Wildman–Crippen LogP) is 3.64. The number of hydrogen-bond donors (Lipinski definition) is 0. The van der Waals surface area contributed by atoms with E-state index in [-0.39, 0.29) is 11.9 Å². The minimum absolute atomic E-state index is 0.152. The number of hydrogen-bond acceptors (Lipinski definition) is 3. The van der Waals surface area contributed by atoms with Gasteiger partial charge in [0.2, 0.25) is 0 Å². The Bertz CT molecular complexity index is 476. The van der Waals surface area contributed by atoms with E-state index in [1.54, 1.807) is 11.3 Å². The van der Waals surface area contributed by atoms with E-state index in [4.69, 9.17) is 4.74 Å². The Kier molecular flexibility index (Phi) is 4.53. The molecule has 18 heavy (non-hydrogen) atoms. The lowest BCUT2D eigenvalue weighted by Gasteiger charge is -2.15. The van der Waals surface area contributed by atoms with Crippen LogP contribution in [-0.2, 0) is 16.0 Å². The van der Waals surface area contributed by atoms with Crippen LogP contribution in [0, 0.1) is 0 Å². The van der Waals surface area contributed by atoms with Crippen LogP contribution in [0.1, 0.15) is 22.8 Å². The molecule has 3 heteroatoms. The van der Waals surface area contributed by atoms with Gasteiger partial charge in [0.1, 0.15) is 0 Å². The first-order valence-electron chi connectivity index (χ1n) is 5.93. The molecule has 0 unspecified atom stereocenters. The number of rotatable bonds is 5. The molecule has 1 aromatic carbocycles. The molecule has 2 aromatic rings. The minimum Gasteiger partial charge on any atom is -0.469 e. The number of carbonyl (C=O) groups is 1. The summed E-state index contributed by atoms with van der Waals surface area (Å²) in [5.41, 5.74) is 1.19. The smallest absolute Gasteiger partial charge is 0.306 e. The van der Waals surface area contributed by atoms with E-state index in [9.17, 15) is 4.79 Å². The quantitative estimate of drug-likeness (QED) is 0.767. The Labute approximate surface area is 111 Å². The molecule has 94 valence electrons. The van der Waals surface area contributed by atoms with E-state index in [1.807, 2.05) is 24.3 Å². The zero-order valence-corrected chi connectivity index (χ0v) is 11.2. The molecule has 0 radical (unpaired) electrons. The van der Waals surface area contributed by atoms with Crippen molar-refractivity contribution in [3.63, 3.8) is 0 Å². The molecule has 0 bridgehead atoms. The van der Waals surface area contributed by atoms with Crippen molar-refractivity contribution in [1.82, 2.24) is 0 Å². The molecular weight excluding hydrogens is 244 g/mol. The molecule has 1 aromatic heterocycles. The molecule has 0 aliphatic heterocycles. The average molecular weight is 260 g/mol. The van der Waals surface area contributed by atoms with E-state index in [1.165, 1.54) is 17.6 Å². The molecule has 0 aliphatic carbocycles. The van der Waals surface area contributed by atoms with Gasteiger partial charge in [0.25, 0.3) is 0 Å². The minimum atomic E-state index is -0.152. The summed E-state index contributed by atoms with van der Waals surface area (Å²) in [4.78, 5) is 12.8. The molecule has 1 atom stereocenters. The van der Waals surface area contributed by atoms with Crippen LogP contribution in [0.25, 0.3) is 0 Å². The highest BCUT2D eigenvalue weighted by Gasteiger charge is 2.17. The molecule has 0 saturated carbocycles. The third-order valence-electron chi connectivity index (χ3n) is 2.94. The van der Waals surface area contributed by atoms with Crippen LogP contribution >= 0.6 is 11.3 Å². The lowest BCUT2D eigenvalue weighted by molar-refractivity contribution is -0.141. The van der Waals surface area contributed by atoms with Crippen molar-refractivity contribution in [3.05, 3.63) is 58.3 Å². The maximum Gasteiger partial charge on any atom is 0.306 e. The topological polar surface area (TPSA) is 26.3 Å². The fourth-order valence-corrected chi connectivity index (χ4v) is 2.78. The monoisotopic (exact) mass is 260 g/mol. The number of esters is 1. The zero-order chi connectivity index (χ0) is 12.8. The second-order valence-electron chi connectivity index (χ2n) is 4.17. The maximum atomic E-state index is 11.5. The Morgan fingerprint density at radius 1 is 1.22 bits per heavy atom. The summed E-state index contributed by atoms with van der Waals surface area (Å²) >= 11 is 1.73. The average Bonchev–Trinajstić information content (AvgIpc) is 2.92. The molecule has 2 nitrogen and oxygen atoms in total. The van der Waals surface area contributed by atoms with Gasteiger partial charge in [0.05, 0.1) is 13.5 Å². The largest absolute Gasteiger partial charge is 0.469 e. The zero-order valence-electron chi connectivity index (χ0n) is 10.3. The highest BCUT2D eigenvalue weighted by atomic mass is 32.1. The third-order valence-corrected chi connectivity index (χ3v) is 3.84. The normalized spacial score (nSPS) is 12.1. The number of carbonyl (C=O) groups excluding carboxylic acids is 1. The fourth-order valence-electron chi connectivity index (χ4n) is 1.99. The van der Waals surface area contributed by atoms with E-state index < -0.39 is 0 Å². The van der Waals surface area contributed by atoms with Crippen LogP contribution < -0.4 is 0 Å². The van der Waals surface area contributed by atoms with Crippen molar-refractivity contribution in [1.29, 1.82) is 0 Å². The van der Waals surface area contributed by atoms with Gasteiger partial charge in [-0.05, 0) is 29.3 Å². The summed E-state index contributed by atoms with van der Waals surface area (Å²) in [6.07, 6.45) is 1.31. The molecule has 1 heterocycles. The SMILES string of the molecule is COC(=O)C[C@@H](Cc1cccs1)c1ccccc1. The lowest BCUT2D eigenvalue weighted by Crippen LogP contribution is -2.10. The van der Waals surface area contributed by atoms with Crippen molar-refractivity contribution in [2.75, 3.05) is 7.11 Å². The van der Waals surface area contributed by atoms with E-state index in [0.29, 0.717) is 6.42 Å². The first-order chi connectivity index (χ1) is 8.79. The molecule has 2 rings (SSSR count). The first-order valence-corrected chi connectivity index (χ1v) is 6.81. The summed E-state index contributed by atoms with van der Waals surface area (Å²) in [7, 11) is 1.44. The van der Waals surface area contributed by atoms with Crippen molar-refractivity contribution in [3.8, 4) is 0 Å². The highest BCUT2D eigenvalue weighted by Crippen LogP contribution is 2.26. The summed E-state index contributed by atoms with van der Waals surface area (Å²) in [6, 6.07) is 14.3. The van der Waals surface area contributed by atoms with Crippen LogP contribution in [0.5, 0.6) is 0 Å². The highest BCUT2D eigenvalue weighted by molar-refractivity contribution is 7.09. The summed E-state index contributed by atoms with van der Waals surface area (Å²) in [5, 5.41) is 2.07. The van der Waals surface area contributed by atoms with Crippen LogP contribution in [0.4, 0.5) is 0 Å². The van der Waals surface area contributed by atoms with Gasteiger partial charge in [-0.3, -0.25) is 4.79 Å². The fraction of sp³-hybridized carbons (Fsp3) is 0.267. The van der Waals surface area contributed by atoms with Crippen LogP contribution in [0.3, 0.4) is 0 Å². The Balaban J connectivity index is 2.15. The van der Waals surface area contributed by atoms with Gasteiger partial charge in [-0.25, -0.2) is 0 Å². The van der Waals surface area contributed by atoms with Gasteiger partial charge >= 0.3 is 5.97 Å². The molecule has 0 aliphatic rings. The van der Waals surface area contributed by atoms with Crippen LogP contribution in [0.2, 0.25) is 0 Å². The number of benzene rings is 1. The second-order valence-corrected chi connectivity index (χ2v) is 5.20. The van der Waals surface area contributed by atoms with Crippen LogP contribution in [-0.4, -0.2) is 13.1 Å². The van der Waals surface area contributed by atoms with Gasteiger partial charge in [-0.1, -0.05) is 36.4 Å². The molecule has 0 spiro atoms. The number of thiophene rings is 1. The molecular formula is C15H16O2S. The second kappa shape index (κ2) is 6.36. The predicted molar refractivity (Wildman–Crippen MR) is 73.8 cm³/mol. The third kappa shape index (κ3) is 3.44. The molecule has 0 amide bonds. The molecule has 0 saturated heterocycles. The maximum absolute atomic E-state index is 11.5. The summed E-state index contributed by atoms with van der Waals surface area (Å²) in [5.74, 6) is 0.0395. The van der Waals surface area contributed by atoms with Gasteiger partial charge in [0, 0.05) is 4.88 Å². The Hall–Kier alpha value is -1.61. The Morgan fingerprint density at radius 3 is 2.61 bits per heavy atom. The van der Waals surface area contributed by atoms with Crippen LogP contribution in [0.15, 0.2) is 47.8 Å². The Morgan fingerprint density at radius 2 is 2.00 bits per heavy atom. The van der Waals surface area contributed by atoms with Gasteiger partial charge in [-0.2, -0.15) is 0 Å².